The number of carbonyl (C=O) groups is 2. The topological polar surface area (TPSA) is 159 Å². The molecule has 3 atom stereocenters. The van der Waals surface area contributed by atoms with Gasteiger partial charge < -0.3 is 48.5 Å². The fourth-order valence-electron chi connectivity index (χ4n) is 8.56. The van der Waals surface area contributed by atoms with Crippen molar-refractivity contribution in [3.63, 3.8) is 0 Å². The summed E-state index contributed by atoms with van der Waals surface area (Å²) in [6, 6.07) is 0. The number of aliphatic hydroxyl groups excluding tert-OH is 3. The fraction of sp³-hybridized carbons (Fsp3) is 0.967. The van der Waals surface area contributed by atoms with Crippen LogP contribution in [0.3, 0.4) is 0 Å². The van der Waals surface area contributed by atoms with E-state index in [2.05, 4.69) is 13.8 Å². The lowest BCUT2D eigenvalue weighted by Gasteiger charge is -2.36. The Morgan fingerprint density at radius 1 is 0.389 bits per heavy atom. The summed E-state index contributed by atoms with van der Waals surface area (Å²) in [5, 5.41) is 30.0. The number of hydrogen-bond donors (Lipinski definition) is 3. The van der Waals surface area contributed by atoms with E-state index in [9.17, 15) is 24.9 Å². The molecule has 12 heteroatoms. The van der Waals surface area contributed by atoms with E-state index in [4.69, 9.17) is 33.2 Å². The first-order valence-corrected chi connectivity index (χ1v) is 29.6. The molecule has 0 amide bonds. The minimum absolute atomic E-state index is 0.00751. The number of rotatable bonds is 52. The summed E-state index contributed by atoms with van der Waals surface area (Å²) in [7, 11) is 0. The van der Waals surface area contributed by atoms with Crippen molar-refractivity contribution in [3.05, 3.63) is 0 Å². The Labute approximate surface area is 443 Å². The molecular weight excluding hydrogens is 913 g/mol. The molecule has 0 aliphatic rings. The number of carbonyl (C=O) groups excluding carboxylic acids is 2. The van der Waals surface area contributed by atoms with Gasteiger partial charge in [0.05, 0.1) is 68.7 Å². The van der Waals surface area contributed by atoms with E-state index < -0.39 is 34.1 Å². The normalized spacial score (nSPS) is 14.2. The molecule has 0 bridgehead atoms. The largest absolute Gasteiger partial charge is 0.464 e. The maximum atomic E-state index is 13.0. The minimum atomic E-state index is -1.10. The van der Waals surface area contributed by atoms with E-state index in [0.717, 1.165) is 89.9 Å². The van der Waals surface area contributed by atoms with Crippen molar-refractivity contribution in [3.8, 4) is 0 Å². The number of unbranched alkanes of at least 4 members (excludes halogenated alkanes) is 20. The third-order valence-electron chi connectivity index (χ3n) is 13.9. The van der Waals surface area contributed by atoms with Crippen molar-refractivity contribution >= 4 is 11.9 Å². The molecule has 3 N–H and O–H groups in total. The summed E-state index contributed by atoms with van der Waals surface area (Å²) in [4.78, 5) is 26.0. The number of esters is 2. The van der Waals surface area contributed by atoms with Crippen molar-refractivity contribution in [1.29, 1.82) is 0 Å². The van der Waals surface area contributed by atoms with Crippen LogP contribution in [0.1, 0.15) is 282 Å². The minimum Gasteiger partial charge on any atom is -0.464 e. The van der Waals surface area contributed by atoms with Crippen LogP contribution in [0, 0.1) is 0 Å². The lowest BCUT2D eigenvalue weighted by atomic mass is 10.0. The van der Waals surface area contributed by atoms with Crippen molar-refractivity contribution < 1.29 is 58.1 Å². The van der Waals surface area contributed by atoms with Gasteiger partial charge in [-0.2, -0.15) is 0 Å². The summed E-state index contributed by atoms with van der Waals surface area (Å²) in [5.74, 6) is -0.734. The molecule has 0 saturated carbocycles. The average Bonchev–Trinajstić information content (AvgIpc) is 3.30. The van der Waals surface area contributed by atoms with Gasteiger partial charge >= 0.3 is 11.9 Å². The van der Waals surface area contributed by atoms with E-state index in [-0.39, 0.29) is 50.6 Å². The molecule has 0 aliphatic carbocycles. The van der Waals surface area contributed by atoms with E-state index in [0.29, 0.717) is 39.1 Å². The standard InChI is InChI=1S/C60H118O12/c1-13-15-17-31-37-51(62)39-33-27-23-19-21-25-29-35-45-66-54(64)59(9,10)68-47-42-57(5,6)71-50-53(49-70-56(3,4)41-44-61)72-58(7,8)43-48-69-60(11,12)55(65)67-46-36-30-26-22-20-24-28-34-40-52(63)38-32-18-16-14-2/h51-53,61-63H,13-50H2,1-12H3. The third-order valence-corrected chi connectivity index (χ3v) is 13.9. The Morgan fingerprint density at radius 2 is 0.694 bits per heavy atom. The van der Waals surface area contributed by atoms with Crippen LogP contribution in [0.4, 0.5) is 0 Å². The van der Waals surface area contributed by atoms with Crippen molar-refractivity contribution in [2.75, 3.05) is 46.2 Å². The van der Waals surface area contributed by atoms with E-state index in [1.165, 1.54) is 89.9 Å². The van der Waals surface area contributed by atoms with Gasteiger partial charge in [-0.15, -0.1) is 0 Å². The Morgan fingerprint density at radius 3 is 1.04 bits per heavy atom. The Bertz CT molecular complexity index is 1280. The van der Waals surface area contributed by atoms with Crippen LogP contribution in [0.5, 0.6) is 0 Å². The summed E-state index contributed by atoms with van der Waals surface area (Å²) in [5.41, 5.74) is -4.00. The fourth-order valence-corrected chi connectivity index (χ4v) is 8.56. The predicted octanol–water partition coefficient (Wildman–Crippen LogP) is 14.3. The van der Waals surface area contributed by atoms with Crippen LogP contribution in [0.25, 0.3) is 0 Å². The monoisotopic (exact) mass is 1030 g/mol. The second-order valence-electron chi connectivity index (χ2n) is 23.8. The van der Waals surface area contributed by atoms with Crippen molar-refractivity contribution in [2.24, 2.45) is 0 Å². The van der Waals surface area contributed by atoms with Crippen LogP contribution in [-0.2, 0) is 42.7 Å². The average molecular weight is 1030 g/mol. The van der Waals surface area contributed by atoms with Gasteiger partial charge in [0.15, 0.2) is 11.2 Å². The van der Waals surface area contributed by atoms with Crippen LogP contribution >= 0.6 is 0 Å². The Hall–Kier alpha value is -1.38. The number of ether oxygens (including phenoxy) is 7. The highest BCUT2D eigenvalue weighted by Crippen LogP contribution is 2.26. The molecule has 0 aromatic carbocycles. The smallest absolute Gasteiger partial charge is 0.337 e. The van der Waals surface area contributed by atoms with Gasteiger partial charge in [-0.25, -0.2) is 9.59 Å². The highest BCUT2D eigenvalue weighted by molar-refractivity contribution is 5.78. The molecule has 72 heavy (non-hydrogen) atoms. The first kappa shape index (κ1) is 70.6. The summed E-state index contributed by atoms with van der Waals surface area (Å²) >= 11 is 0. The van der Waals surface area contributed by atoms with Crippen LogP contribution < -0.4 is 0 Å². The maximum Gasteiger partial charge on any atom is 0.337 e. The van der Waals surface area contributed by atoms with Gasteiger partial charge in [0, 0.05) is 6.61 Å². The third kappa shape index (κ3) is 40.9. The highest BCUT2D eigenvalue weighted by atomic mass is 16.6. The van der Waals surface area contributed by atoms with Crippen LogP contribution in [0.15, 0.2) is 0 Å². The Balaban J connectivity index is 4.65. The zero-order valence-electron chi connectivity index (χ0n) is 49.1. The van der Waals surface area contributed by atoms with Crippen LogP contribution in [0.2, 0.25) is 0 Å². The van der Waals surface area contributed by atoms with Gasteiger partial charge in [0.1, 0.15) is 6.10 Å². The SMILES string of the molecule is CCCCCCC(O)CCCCCCCCCCOC(=O)C(C)(C)OCCC(C)(C)OCC(COC(C)(C)CCO)OC(C)(C)CCOC(C)(C)C(=O)OCCCCCCCCCCC(O)CCCCCC. The molecule has 0 radical (unpaired) electrons. The second kappa shape index (κ2) is 41.7. The maximum absolute atomic E-state index is 13.0. The van der Waals surface area contributed by atoms with Gasteiger partial charge in [0.25, 0.3) is 0 Å². The summed E-state index contributed by atoms with van der Waals surface area (Å²) in [6.07, 6.45) is 32.0. The van der Waals surface area contributed by atoms with Gasteiger partial charge in [0.2, 0.25) is 0 Å². The highest BCUT2D eigenvalue weighted by Gasteiger charge is 2.34. The molecule has 3 unspecified atom stereocenters. The molecule has 0 rings (SSSR count). The molecule has 0 saturated heterocycles. The zero-order valence-corrected chi connectivity index (χ0v) is 49.1. The number of hydrogen-bond acceptors (Lipinski definition) is 12. The van der Waals surface area contributed by atoms with Gasteiger partial charge in [-0.1, -0.05) is 155 Å². The Kier molecular flexibility index (Phi) is 40.9. The lowest BCUT2D eigenvalue weighted by Crippen LogP contribution is -2.43. The second-order valence-corrected chi connectivity index (χ2v) is 23.8. The molecule has 0 fully saturated rings. The zero-order chi connectivity index (χ0) is 54.2. The van der Waals surface area contributed by atoms with Crippen molar-refractivity contribution in [2.45, 2.75) is 328 Å². The van der Waals surface area contributed by atoms with E-state index in [1.54, 1.807) is 27.7 Å². The molecule has 0 spiro atoms. The quantitative estimate of drug-likeness (QED) is 0.0392. The van der Waals surface area contributed by atoms with Crippen molar-refractivity contribution in [1.82, 2.24) is 0 Å². The van der Waals surface area contributed by atoms with E-state index in [1.807, 2.05) is 41.5 Å². The first-order chi connectivity index (χ1) is 34.0. The summed E-state index contributed by atoms with van der Waals surface area (Å²) in [6.45, 7) is 25.1. The first-order valence-electron chi connectivity index (χ1n) is 29.6. The lowest BCUT2D eigenvalue weighted by molar-refractivity contribution is -0.184. The van der Waals surface area contributed by atoms with Gasteiger partial charge in [-0.3, -0.25) is 0 Å². The molecular formula is C60H118O12. The summed E-state index contributed by atoms with van der Waals surface area (Å²) < 4.78 is 42.8. The predicted molar refractivity (Wildman–Crippen MR) is 295 cm³/mol. The van der Waals surface area contributed by atoms with Crippen LogP contribution in [-0.4, -0.2) is 120 Å². The number of aliphatic hydroxyl groups is 3. The molecule has 12 nitrogen and oxygen atoms in total. The van der Waals surface area contributed by atoms with E-state index >= 15 is 0 Å². The molecule has 430 valence electrons. The van der Waals surface area contributed by atoms with Gasteiger partial charge in [-0.05, 0) is 127 Å². The molecule has 0 aliphatic heterocycles. The molecule has 0 aromatic heterocycles. The molecule has 0 heterocycles. The molecule has 0 aromatic rings.